The van der Waals surface area contributed by atoms with Gasteiger partial charge in [-0.2, -0.15) is 9.59 Å². The largest absolute Gasteiger partial charge is 0.490 e. The number of Topliss-reactive ketones (excluding diaryl/α,β-unsaturated/α-hetero) is 1. The van der Waals surface area contributed by atoms with Crippen LogP contribution in [-0.2, 0) is 14.4 Å². The van der Waals surface area contributed by atoms with Crippen molar-refractivity contribution in [2.75, 3.05) is 5.73 Å². The first-order valence-corrected chi connectivity index (χ1v) is 9.70. The Bertz CT molecular complexity index is 849. The first-order chi connectivity index (χ1) is 13.3. The SMILES string of the molecule is Cc1cc(N)c2c(OC3CCC(C(=O)CC(C)C)CC3)cccc2n1.O=C=O. The zero-order chi connectivity index (χ0) is 20.7. The van der Waals surface area contributed by atoms with Gasteiger partial charge in [0.15, 0.2) is 0 Å². The molecule has 0 spiro atoms. The summed E-state index contributed by atoms with van der Waals surface area (Å²) in [7, 11) is 0. The summed E-state index contributed by atoms with van der Waals surface area (Å²) in [6.45, 7) is 6.15. The van der Waals surface area contributed by atoms with Crippen LogP contribution in [0.25, 0.3) is 10.9 Å². The summed E-state index contributed by atoms with van der Waals surface area (Å²) in [4.78, 5) is 33.1. The van der Waals surface area contributed by atoms with Crippen LogP contribution < -0.4 is 10.5 Å². The molecule has 0 aliphatic heterocycles. The van der Waals surface area contributed by atoms with E-state index in [1.807, 2.05) is 31.2 Å². The second-order valence-electron chi connectivity index (χ2n) is 7.74. The molecule has 6 nitrogen and oxygen atoms in total. The normalized spacial score (nSPS) is 18.9. The van der Waals surface area contributed by atoms with E-state index in [9.17, 15) is 4.79 Å². The van der Waals surface area contributed by atoms with Gasteiger partial charge in [0, 0.05) is 23.7 Å². The number of fused-ring (bicyclic) bond motifs is 1. The number of rotatable bonds is 5. The predicted molar refractivity (Wildman–Crippen MR) is 107 cm³/mol. The summed E-state index contributed by atoms with van der Waals surface area (Å²) in [6, 6.07) is 7.77. The molecular formula is C22H28N2O4. The zero-order valence-corrected chi connectivity index (χ0v) is 16.7. The van der Waals surface area contributed by atoms with Crippen molar-refractivity contribution in [2.45, 2.75) is 59.0 Å². The first-order valence-electron chi connectivity index (χ1n) is 9.70. The Balaban J connectivity index is 0.000000878. The second kappa shape index (κ2) is 10.00. The number of nitrogens with zero attached hydrogens (tertiary/aromatic N) is 1. The maximum atomic E-state index is 12.3. The van der Waals surface area contributed by atoms with Gasteiger partial charge in [-0.3, -0.25) is 9.78 Å². The summed E-state index contributed by atoms with van der Waals surface area (Å²) < 4.78 is 6.27. The number of pyridine rings is 1. The monoisotopic (exact) mass is 384 g/mol. The van der Waals surface area contributed by atoms with E-state index < -0.39 is 0 Å². The third-order valence-electron chi connectivity index (χ3n) is 4.99. The number of ether oxygens (including phenoxy) is 1. The van der Waals surface area contributed by atoms with E-state index in [0.29, 0.717) is 23.8 Å². The van der Waals surface area contributed by atoms with Gasteiger partial charge >= 0.3 is 6.15 Å². The quantitative estimate of drug-likeness (QED) is 0.833. The van der Waals surface area contributed by atoms with E-state index in [-0.39, 0.29) is 18.2 Å². The molecule has 1 aliphatic rings. The van der Waals surface area contributed by atoms with Crippen LogP contribution in [0.4, 0.5) is 5.69 Å². The van der Waals surface area contributed by atoms with E-state index in [0.717, 1.165) is 48.0 Å². The summed E-state index contributed by atoms with van der Waals surface area (Å²) in [5, 5.41) is 0.895. The molecule has 0 amide bonds. The molecule has 0 saturated heterocycles. The van der Waals surface area contributed by atoms with Crippen LogP contribution in [0.1, 0.15) is 51.6 Å². The van der Waals surface area contributed by atoms with Crippen LogP contribution in [0.2, 0.25) is 0 Å². The van der Waals surface area contributed by atoms with Gasteiger partial charge in [0.2, 0.25) is 0 Å². The fourth-order valence-electron chi connectivity index (χ4n) is 3.77. The van der Waals surface area contributed by atoms with Crippen LogP contribution in [-0.4, -0.2) is 23.0 Å². The maximum absolute atomic E-state index is 12.3. The number of benzene rings is 1. The van der Waals surface area contributed by atoms with E-state index >= 15 is 0 Å². The molecule has 28 heavy (non-hydrogen) atoms. The highest BCUT2D eigenvalue weighted by atomic mass is 16.5. The fourth-order valence-corrected chi connectivity index (χ4v) is 3.77. The Labute approximate surface area is 165 Å². The highest BCUT2D eigenvalue weighted by Gasteiger charge is 2.27. The lowest BCUT2D eigenvalue weighted by Crippen LogP contribution is -2.28. The van der Waals surface area contributed by atoms with Gasteiger partial charge in [0.1, 0.15) is 11.5 Å². The van der Waals surface area contributed by atoms with Crippen molar-refractivity contribution in [2.24, 2.45) is 11.8 Å². The van der Waals surface area contributed by atoms with E-state index in [4.69, 9.17) is 20.1 Å². The molecule has 0 bridgehead atoms. The standard InChI is InChI=1S/C21H28N2O2.CO2/c1-13(2)11-19(24)15-7-9-16(10-8-15)25-20-6-4-5-18-21(20)17(22)12-14(3)23-18;2-1-3/h4-6,12-13,15-16H,7-11H2,1-3H3,(H2,22,23);. The molecule has 0 unspecified atom stereocenters. The van der Waals surface area contributed by atoms with E-state index in [1.165, 1.54) is 0 Å². The number of carbonyl (C=O) groups is 1. The number of nitrogen functional groups attached to an aromatic ring is 1. The number of hydrogen-bond acceptors (Lipinski definition) is 6. The third-order valence-corrected chi connectivity index (χ3v) is 4.99. The number of carbonyl (C=O) groups excluding carboxylic acids is 3. The lowest BCUT2D eigenvalue weighted by molar-refractivity contribution is -0.191. The minimum absolute atomic E-state index is 0.148. The lowest BCUT2D eigenvalue weighted by atomic mass is 9.82. The van der Waals surface area contributed by atoms with Crippen molar-refractivity contribution < 1.29 is 19.1 Å². The highest BCUT2D eigenvalue weighted by molar-refractivity contribution is 5.95. The average Bonchev–Trinajstić information content (AvgIpc) is 2.62. The third kappa shape index (κ3) is 5.64. The van der Waals surface area contributed by atoms with Crippen LogP contribution in [0, 0.1) is 18.8 Å². The molecule has 6 heteroatoms. The minimum atomic E-state index is 0.148. The van der Waals surface area contributed by atoms with E-state index in [2.05, 4.69) is 18.8 Å². The van der Waals surface area contributed by atoms with E-state index in [1.54, 1.807) is 0 Å². The van der Waals surface area contributed by atoms with Gasteiger partial charge in [-0.25, -0.2) is 0 Å². The smallest absolute Gasteiger partial charge is 0.373 e. The van der Waals surface area contributed by atoms with Crippen LogP contribution in [0.5, 0.6) is 5.75 Å². The van der Waals surface area contributed by atoms with Crippen molar-refractivity contribution in [1.82, 2.24) is 4.98 Å². The molecule has 1 aliphatic carbocycles. The Hall–Kier alpha value is -2.72. The summed E-state index contributed by atoms with van der Waals surface area (Å²) in [6.07, 6.45) is 4.78. The molecule has 1 fully saturated rings. The highest BCUT2D eigenvalue weighted by Crippen LogP contribution is 2.34. The van der Waals surface area contributed by atoms with Gasteiger partial charge in [-0.15, -0.1) is 0 Å². The number of ketones is 1. The number of aryl methyl sites for hydroxylation is 1. The Morgan fingerprint density at radius 2 is 1.89 bits per heavy atom. The van der Waals surface area contributed by atoms with Crippen molar-refractivity contribution >= 4 is 28.5 Å². The predicted octanol–water partition coefficient (Wildman–Crippen LogP) is 4.09. The van der Waals surface area contributed by atoms with Gasteiger partial charge in [0.05, 0.1) is 17.0 Å². The Morgan fingerprint density at radius 3 is 2.50 bits per heavy atom. The molecule has 1 heterocycles. The lowest BCUT2D eigenvalue weighted by Gasteiger charge is -2.29. The molecule has 3 rings (SSSR count). The number of nitrogens with two attached hydrogens (primary N) is 1. The molecule has 1 aromatic heterocycles. The van der Waals surface area contributed by atoms with Crippen LogP contribution >= 0.6 is 0 Å². The van der Waals surface area contributed by atoms with Crippen LogP contribution in [0.15, 0.2) is 24.3 Å². The van der Waals surface area contributed by atoms with Gasteiger partial charge in [-0.05, 0) is 56.7 Å². The second-order valence-corrected chi connectivity index (χ2v) is 7.74. The van der Waals surface area contributed by atoms with Crippen molar-refractivity contribution in [3.63, 3.8) is 0 Å². The molecule has 0 radical (unpaired) electrons. The molecule has 2 N–H and O–H groups in total. The van der Waals surface area contributed by atoms with Crippen molar-refractivity contribution in [1.29, 1.82) is 0 Å². The summed E-state index contributed by atoms with van der Waals surface area (Å²) >= 11 is 0. The average molecular weight is 384 g/mol. The van der Waals surface area contributed by atoms with Crippen molar-refractivity contribution in [3.05, 3.63) is 30.0 Å². The number of hydrogen-bond donors (Lipinski definition) is 1. The molecule has 150 valence electrons. The Morgan fingerprint density at radius 1 is 1.25 bits per heavy atom. The molecule has 2 aromatic rings. The van der Waals surface area contributed by atoms with Crippen molar-refractivity contribution in [3.8, 4) is 5.75 Å². The topological polar surface area (TPSA) is 99.3 Å². The summed E-state index contributed by atoms with van der Waals surface area (Å²) in [5.74, 6) is 1.88. The Kier molecular flexibility index (Phi) is 7.70. The molecule has 1 aromatic carbocycles. The minimum Gasteiger partial charge on any atom is -0.490 e. The molecule has 1 saturated carbocycles. The zero-order valence-electron chi connectivity index (χ0n) is 16.7. The van der Waals surface area contributed by atoms with Gasteiger partial charge in [-0.1, -0.05) is 19.9 Å². The van der Waals surface area contributed by atoms with Crippen LogP contribution in [0.3, 0.4) is 0 Å². The number of aromatic nitrogens is 1. The molecule has 0 atom stereocenters. The van der Waals surface area contributed by atoms with Gasteiger partial charge in [0.25, 0.3) is 0 Å². The maximum Gasteiger partial charge on any atom is 0.373 e. The van der Waals surface area contributed by atoms with Gasteiger partial charge < -0.3 is 10.5 Å². The first kappa shape index (κ1) is 21.6. The summed E-state index contributed by atoms with van der Waals surface area (Å²) in [5.41, 5.74) is 8.69. The molecular weight excluding hydrogens is 356 g/mol. The number of anilines is 1. The fraction of sp³-hybridized carbons (Fsp3) is 0.500.